The van der Waals surface area contributed by atoms with Crippen LogP contribution in [0.3, 0.4) is 0 Å². The van der Waals surface area contributed by atoms with E-state index in [0.717, 1.165) is 17.5 Å². The molecule has 0 unspecified atom stereocenters. The lowest BCUT2D eigenvalue weighted by Gasteiger charge is -2.29. The molecule has 0 radical (unpaired) electrons. The molecule has 156 valence electrons. The highest BCUT2D eigenvalue weighted by Crippen LogP contribution is 2.16. The average Bonchev–Trinajstić information content (AvgIpc) is 2.72. The van der Waals surface area contributed by atoms with Crippen LogP contribution in [0.15, 0.2) is 48.5 Å². The van der Waals surface area contributed by atoms with Crippen LogP contribution in [0.25, 0.3) is 0 Å². The summed E-state index contributed by atoms with van der Waals surface area (Å²) in [7, 11) is 0. The van der Waals surface area contributed by atoms with Crippen LogP contribution in [0.4, 0.5) is 0 Å². The van der Waals surface area contributed by atoms with Gasteiger partial charge in [-0.15, -0.1) is 0 Å². The second-order valence-corrected chi connectivity index (χ2v) is 7.68. The first-order valence-corrected chi connectivity index (χ1v) is 10.2. The molecule has 0 aliphatic rings. The molecule has 0 aromatic heterocycles. The number of amides is 2. The summed E-state index contributed by atoms with van der Waals surface area (Å²) in [6.07, 6.45) is 0.823. The van der Waals surface area contributed by atoms with Crippen LogP contribution >= 0.6 is 11.6 Å². The molecule has 6 heteroatoms. The molecule has 0 aliphatic carbocycles. The van der Waals surface area contributed by atoms with Gasteiger partial charge < -0.3 is 15.0 Å². The van der Waals surface area contributed by atoms with E-state index >= 15 is 0 Å². The SMILES string of the molecule is CC[C@H](C)NC(=O)[C@H](C)N(Cc1ccc(C)cc1)C(=O)COc1ccc(Cl)cc1. The van der Waals surface area contributed by atoms with Crippen molar-refractivity contribution in [3.63, 3.8) is 0 Å². The molecule has 2 aromatic carbocycles. The summed E-state index contributed by atoms with van der Waals surface area (Å²) in [5, 5.41) is 3.55. The average molecular weight is 417 g/mol. The van der Waals surface area contributed by atoms with Crippen molar-refractivity contribution in [1.82, 2.24) is 10.2 Å². The van der Waals surface area contributed by atoms with Gasteiger partial charge in [0.1, 0.15) is 11.8 Å². The summed E-state index contributed by atoms with van der Waals surface area (Å²) in [4.78, 5) is 27.2. The highest BCUT2D eigenvalue weighted by Gasteiger charge is 2.27. The van der Waals surface area contributed by atoms with E-state index in [-0.39, 0.29) is 24.5 Å². The normalized spacial score (nSPS) is 12.7. The molecule has 0 saturated heterocycles. The largest absolute Gasteiger partial charge is 0.484 e. The first-order chi connectivity index (χ1) is 13.8. The van der Waals surface area contributed by atoms with Gasteiger partial charge >= 0.3 is 0 Å². The van der Waals surface area contributed by atoms with E-state index < -0.39 is 6.04 Å². The number of ether oxygens (including phenoxy) is 1. The minimum absolute atomic E-state index is 0.0478. The zero-order chi connectivity index (χ0) is 21.4. The highest BCUT2D eigenvalue weighted by atomic mass is 35.5. The minimum atomic E-state index is -0.619. The lowest BCUT2D eigenvalue weighted by atomic mass is 10.1. The zero-order valence-corrected chi connectivity index (χ0v) is 18.2. The summed E-state index contributed by atoms with van der Waals surface area (Å²) in [6.45, 7) is 7.87. The number of nitrogens with zero attached hydrogens (tertiary/aromatic N) is 1. The molecular weight excluding hydrogens is 388 g/mol. The van der Waals surface area contributed by atoms with Gasteiger partial charge in [0, 0.05) is 17.6 Å². The molecule has 2 amide bonds. The Morgan fingerprint density at radius 2 is 1.69 bits per heavy atom. The topological polar surface area (TPSA) is 58.6 Å². The maximum absolute atomic E-state index is 13.0. The van der Waals surface area contributed by atoms with Crippen molar-refractivity contribution in [2.75, 3.05) is 6.61 Å². The van der Waals surface area contributed by atoms with Gasteiger partial charge in [0.15, 0.2) is 6.61 Å². The molecule has 2 aromatic rings. The highest BCUT2D eigenvalue weighted by molar-refractivity contribution is 6.30. The number of benzene rings is 2. The zero-order valence-electron chi connectivity index (χ0n) is 17.4. The molecular formula is C23H29ClN2O3. The molecule has 2 rings (SSSR count). The number of nitrogens with one attached hydrogen (secondary N) is 1. The first kappa shape index (κ1) is 22.8. The van der Waals surface area contributed by atoms with Crippen LogP contribution in [0, 0.1) is 6.92 Å². The fourth-order valence-corrected chi connectivity index (χ4v) is 2.82. The van der Waals surface area contributed by atoms with Crippen LogP contribution in [0.1, 0.15) is 38.3 Å². The van der Waals surface area contributed by atoms with Gasteiger partial charge in [-0.25, -0.2) is 0 Å². The number of carbonyl (C=O) groups excluding carboxylic acids is 2. The fraction of sp³-hybridized carbons (Fsp3) is 0.391. The molecule has 0 spiro atoms. The van der Waals surface area contributed by atoms with Crippen molar-refractivity contribution >= 4 is 23.4 Å². The number of aryl methyl sites for hydroxylation is 1. The van der Waals surface area contributed by atoms with Crippen LogP contribution in [-0.4, -0.2) is 35.4 Å². The van der Waals surface area contributed by atoms with E-state index in [9.17, 15) is 9.59 Å². The van der Waals surface area contributed by atoms with Crippen LogP contribution < -0.4 is 10.1 Å². The van der Waals surface area contributed by atoms with Crippen LogP contribution in [-0.2, 0) is 16.1 Å². The third kappa shape index (κ3) is 7.09. The summed E-state index contributed by atoms with van der Waals surface area (Å²) in [5.41, 5.74) is 2.10. The Labute approximate surface area is 178 Å². The Balaban J connectivity index is 2.13. The van der Waals surface area contributed by atoms with Crippen LogP contribution in [0.2, 0.25) is 5.02 Å². The number of hydrogen-bond acceptors (Lipinski definition) is 3. The lowest BCUT2D eigenvalue weighted by molar-refractivity contribution is -0.142. The predicted molar refractivity (Wildman–Crippen MR) is 116 cm³/mol. The molecule has 5 nitrogen and oxygen atoms in total. The predicted octanol–water partition coefficient (Wildman–Crippen LogP) is 4.36. The second-order valence-electron chi connectivity index (χ2n) is 7.24. The van der Waals surface area contributed by atoms with Gasteiger partial charge in [-0.3, -0.25) is 9.59 Å². The van der Waals surface area contributed by atoms with E-state index in [0.29, 0.717) is 17.3 Å². The Morgan fingerprint density at radius 1 is 1.07 bits per heavy atom. The Morgan fingerprint density at radius 3 is 2.28 bits per heavy atom. The number of carbonyl (C=O) groups is 2. The minimum Gasteiger partial charge on any atom is -0.484 e. The lowest BCUT2D eigenvalue weighted by Crippen LogP contribution is -2.50. The molecule has 0 aliphatic heterocycles. The Bertz CT molecular complexity index is 806. The van der Waals surface area contributed by atoms with E-state index in [4.69, 9.17) is 16.3 Å². The van der Waals surface area contributed by atoms with Crippen LogP contribution in [0.5, 0.6) is 5.75 Å². The maximum atomic E-state index is 13.0. The maximum Gasteiger partial charge on any atom is 0.261 e. The third-order valence-electron chi connectivity index (χ3n) is 4.82. The summed E-state index contributed by atoms with van der Waals surface area (Å²) < 4.78 is 5.61. The fourth-order valence-electron chi connectivity index (χ4n) is 2.70. The first-order valence-electron chi connectivity index (χ1n) is 9.84. The van der Waals surface area contributed by atoms with E-state index in [1.165, 1.54) is 0 Å². The smallest absolute Gasteiger partial charge is 0.261 e. The Hall–Kier alpha value is -2.53. The third-order valence-corrected chi connectivity index (χ3v) is 5.07. The molecule has 1 N–H and O–H groups in total. The van der Waals surface area contributed by atoms with Crippen molar-refractivity contribution in [2.45, 2.75) is 52.7 Å². The van der Waals surface area contributed by atoms with E-state index in [2.05, 4.69) is 5.32 Å². The number of halogens is 1. The molecule has 0 heterocycles. The monoisotopic (exact) mass is 416 g/mol. The van der Waals surface area contributed by atoms with Crippen molar-refractivity contribution in [2.24, 2.45) is 0 Å². The molecule has 0 fully saturated rings. The van der Waals surface area contributed by atoms with Crippen molar-refractivity contribution in [1.29, 1.82) is 0 Å². The van der Waals surface area contributed by atoms with E-state index in [1.54, 1.807) is 36.1 Å². The van der Waals surface area contributed by atoms with Gasteiger partial charge in [0.25, 0.3) is 5.91 Å². The van der Waals surface area contributed by atoms with Gasteiger partial charge in [0.05, 0.1) is 0 Å². The second kappa shape index (κ2) is 10.9. The van der Waals surface area contributed by atoms with Crippen molar-refractivity contribution in [3.05, 3.63) is 64.7 Å². The summed E-state index contributed by atoms with van der Waals surface area (Å²) >= 11 is 5.88. The summed E-state index contributed by atoms with van der Waals surface area (Å²) in [6, 6.07) is 14.2. The Kier molecular flexibility index (Phi) is 8.52. The van der Waals surface area contributed by atoms with E-state index in [1.807, 2.05) is 45.0 Å². The van der Waals surface area contributed by atoms with Crippen molar-refractivity contribution < 1.29 is 14.3 Å². The molecule has 0 saturated carbocycles. The van der Waals surface area contributed by atoms with Gasteiger partial charge in [-0.1, -0.05) is 48.4 Å². The summed E-state index contributed by atoms with van der Waals surface area (Å²) in [5.74, 6) is 0.119. The van der Waals surface area contributed by atoms with Crippen molar-refractivity contribution in [3.8, 4) is 5.75 Å². The quantitative estimate of drug-likeness (QED) is 0.660. The number of rotatable bonds is 9. The number of hydrogen-bond donors (Lipinski definition) is 1. The van der Waals surface area contributed by atoms with Gasteiger partial charge in [-0.05, 0) is 57.0 Å². The standard InChI is InChI=1S/C23H29ClN2O3/c1-5-17(3)25-23(28)18(4)26(14-19-8-6-16(2)7-9-19)22(27)15-29-21-12-10-20(24)11-13-21/h6-13,17-18H,5,14-15H2,1-4H3,(H,25,28)/t17-,18-/m0/s1. The van der Waals surface area contributed by atoms with Gasteiger partial charge in [0.2, 0.25) is 5.91 Å². The van der Waals surface area contributed by atoms with Gasteiger partial charge in [-0.2, -0.15) is 0 Å². The molecule has 2 atom stereocenters. The molecule has 29 heavy (non-hydrogen) atoms. The molecule has 0 bridgehead atoms.